The quantitative estimate of drug-likeness (QED) is 0.771. The topological polar surface area (TPSA) is 95.0 Å². The third-order valence-electron chi connectivity index (χ3n) is 4.54. The summed E-state index contributed by atoms with van der Waals surface area (Å²) in [6.45, 7) is 0. The molecule has 1 saturated heterocycles. The zero-order valence-corrected chi connectivity index (χ0v) is 12.1. The predicted octanol–water partition coefficient (Wildman–Crippen LogP) is -0.0666. The van der Waals surface area contributed by atoms with E-state index in [9.17, 15) is 24.3 Å². The smallest absolute Gasteiger partial charge is 0.262 e. The lowest BCUT2D eigenvalue weighted by atomic mass is 9.99. The second-order valence-corrected chi connectivity index (χ2v) is 6.07. The SMILES string of the molecule is O=C1C(O)CC(N2C(=O)c3ccccc3C2=O)C(=O)N1C1CC1. The number of hydrogen-bond donors (Lipinski definition) is 1. The Balaban J connectivity index is 1.71. The van der Waals surface area contributed by atoms with Gasteiger partial charge in [0.05, 0.1) is 11.1 Å². The Bertz CT molecular complexity index is 720. The van der Waals surface area contributed by atoms with E-state index in [0.29, 0.717) is 12.8 Å². The number of aliphatic hydroxyl groups is 1. The number of carbonyl (C=O) groups is 4. The van der Waals surface area contributed by atoms with E-state index >= 15 is 0 Å². The number of aliphatic hydroxyl groups excluding tert-OH is 1. The van der Waals surface area contributed by atoms with Crippen molar-refractivity contribution in [2.45, 2.75) is 37.5 Å². The molecule has 0 spiro atoms. The monoisotopic (exact) mass is 314 g/mol. The van der Waals surface area contributed by atoms with E-state index in [1.54, 1.807) is 12.1 Å². The van der Waals surface area contributed by atoms with Crippen LogP contribution in [0.3, 0.4) is 0 Å². The lowest BCUT2D eigenvalue weighted by Crippen LogP contribution is -2.61. The van der Waals surface area contributed by atoms with E-state index in [-0.39, 0.29) is 23.6 Å². The molecule has 1 aliphatic carbocycles. The summed E-state index contributed by atoms with van der Waals surface area (Å²) in [5, 5.41) is 9.97. The third kappa shape index (κ3) is 1.93. The average molecular weight is 314 g/mol. The number of piperidine rings is 1. The summed E-state index contributed by atoms with van der Waals surface area (Å²) >= 11 is 0. The van der Waals surface area contributed by atoms with E-state index in [2.05, 4.69) is 0 Å². The van der Waals surface area contributed by atoms with Crippen LogP contribution in [-0.4, -0.2) is 56.7 Å². The number of likely N-dealkylation sites (tertiary alicyclic amines) is 1. The molecule has 7 heteroatoms. The number of rotatable bonds is 2. The molecule has 4 amide bonds. The fourth-order valence-corrected chi connectivity index (χ4v) is 3.24. The zero-order valence-electron chi connectivity index (χ0n) is 12.1. The van der Waals surface area contributed by atoms with Crippen LogP contribution in [0.5, 0.6) is 0 Å². The maximum absolute atomic E-state index is 12.6. The maximum atomic E-state index is 12.6. The fraction of sp³-hybridized carbons (Fsp3) is 0.375. The van der Waals surface area contributed by atoms with Crippen molar-refractivity contribution in [2.24, 2.45) is 0 Å². The molecule has 2 atom stereocenters. The van der Waals surface area contributed by atoms with Gasteiger partial charge >= 0.3 is 0 Å². The fourth-order valence-electron chi connectivity index (χ4n) is 3.24. The first-order valence-electron chi connectivity index (χ1n) is 7.52. The predicted molar refractivity (Wildman–Crippen MR) is 76.2 cm³/mol. The average Bonchev–Trinajstić information content (AvgIpc) is 3.33. The summed E-state index contributed by atoms with van der Waals surface area (Å²) in [5.41, 5.74) is 0.490. The number of carbonyl (C=O) groups excluding carboxylic acids is 4. The Hall–Kier alpha value is -2.54. The molecule has 0 aromatic heterocycles. The number of benzene rings is 1. The van der Waals surface area contributed by atoms with Crippen molar-refractivity contribution < 1.29 is 24.3 Å². The van der Waals surface area contributed by atoms with Gasteiger partial charge in [-0.05, 0) is 25.0 Å². The highest BCUT2D eigenvalue weighted by Crippen LogP contribution is 2.34. The minimum atomic E-state index is -1.37. The number of nitrogens with zero attached hydrogens (tertiary/aromatic N) is 2. The van der Waals surface area contributed by atoms with Gasteiger partial charge in [-0.25, -0.2) is 0 Å². The number of hydrogen-bond acceptors (Lipinski definition) is 5. The molecule has 118 valence electrons. The molecule has 4 rings (SSSR count). The normalized spacial score (nSPS) is 27.7. The molecule has 1 N–H and O–H groups in total. The molecule has 2 heterocycles. The first kappa shape index (κ1) is 14.1. The summed E-state index contributed by atoms with van der Waals surface area (Å²) in [5.74, 6) is -2.31. The molecule has 1 aromatic rings. The van der Waals surface area contributed by atoms with Gasteiger partial charge in [-0.15, -0.1) is 0 Å². The van der Waals surface area contributed by atoms with Crippen LogP contribution in [0.4, 0.5) is 0 Å². The molecule has 2 fully saturated rings. The van der Waals surface area contributed by atoms with E-state index in [1.807, 2.05) is 0 Å². The summed E-state index contributed by atoms with van der Waals surface area (Å²) in [4.78, 5) is 51.6. The Morgan fingerprint density at radius 2 is 1.43 bits per heavy atom. The van der Waals surface area contributed by atoms with Crippen LogP contribution >= 0.6 is 0 Å². The highest BCUT2D eigenvalue weighted by Gasteiger charge is 2.52. The van der Waals surface area contributed by atoms with E-state index < -0.39 is 35.8 Å². The van der Waals surface area contributed by atoms with Crippen LogP contribution in [0.15, 0.2) is 24.3 Å². The van der Waals surface area contributed by atoms with Gasteiger partial charge in [-0.1, -0.05) is 12.1 Å². The van der Waals surface area contributed by atoms with Crippen molar-refractivity contribution in [1.29, 1.82) is 0 Å². The molecule has 1 saturated carbocycles. The summed E-state index contributed by atoms with van der Waals surface area (Å²) in [6.07, 6.45) is -0.229. The maximum Gasteiger partial charge on any atom is 0.262 e. The molecule has 3 aliphatic rings. The van der Waals surface area contributed by atoms with Gasteiger partial charge < -0.3 is 5.11 Å². The van der Waals surface area contributed by atoms with Gasteiger partial charge in [0, 0.05) is 12.5 Å². The van der Waals surface area contributed by atoms with Crippen molar-refractivity contribution >= 4 is 23.6 Å². The molecular formula is C16H14N2O5. The van der Waals surface area contributed by atoms with E-state index in [0.717, 1.165) is 9.80 Å². The van der Waals surface area contributed by atoms with Gasteiger partial charge in [-0.2, -0.15) is 0 Å². The second kappa shape index (κ2) is 4.73. The molecule has 23 heavy (non-hydrogen) atoms. The van der Waals surface area contributed by atoms with E-state index in [1.165, 1.54) is 12.1 Å². The van der Waals surface area contributed by atoms with Crippen molar-refractivity contribution in [2.75, 3.05) is 0 Å². The Morgan fingerprint density at radius 3 is 1.96 bits per heavy atom. The van der Waals surface area contributed by atoms with Gasteiger partial charge in [0.15, 0.2) is 0 Å². The van der Waals surface area contributed by atoms with Crippen LogP contribution < -0.4 is 0 Å². The number of imide groups is 2. The van der Waals surface area contributed by atoms with Gasteiger partial charge in [0.1, 0.15) is 12.1 Å². The Kier molecular flexibility index (Phi) is 2.89. The van der Waals surface area contributed by atoms with Gasteiger partial charge in [0.25, 0.3) is 23.6 Å². The van der Waals surface area contributed by atoms with Crippen LogP contribution in [0.2, 0.25) is 0 Å². The summed E-state index contributed by atoms with van der Waals surface area (Å²) in [6, 6.07) is 5.00. The Morgan fingerprint density at radius 1 is 0.870 bits per heavy atom. The standard InChI is InChI=1S/C16H14N2O5/c19-12-7-11(15(22)17(16(12)23)8-5-6-8)18-13(20)9-3-1-2-4-10(9)14(18)21/h1-4,8,11-12,19H,5-7H2. The van der Waals surface area contributed by atoms with Crippen LogP contribution in [0.1, 0.15) is 40.0 Å². The summed E-state index contributed by atoms with van der Waals surface area (Å²) < 4.78 is 0. The minimum Gasteiger partial charge on any atom is -0.383 e. The van der Waals surface area contributed by atoms with Crippen molar-refractivity contribution in [3.63, 3.8) is 0 Å². The molecule has 7 nitrogen and oxygen atoms in total. The van der Waals surface area contributed by atoms with Crippen LogP contribution in [0.25, 0.3) is 0 Å². The molecule has 2 unspecified atom stereocenters. The van der Waals surface area contributed by atoms with Crippen molar-refractivity contribution in [1.82, 2.24) is 9.80 Å². The highest BCUT2D eigenvalue weighted by molar-refractivity contribution is 6.23. The molecule has 0 radical (unpaired) electrons. The zero-order chi connectivity index (χ0) is 16.3. The molecule has 1 aromatic carbocycles. The number of fused-ring (bicyclic) bond motifs is 1. The Labute approximate surface area is 131 Å². The van der Waals surface area contributed by atoms with Gasteiger partial charge in [-0.3, -0.25) is 29.0 Å². The van der Waals surface area contributed by atoms with Crippen molar-refractivity contribution in [3.8, 4) is 0 Å². The highest BCUT2D eigenvalue weighted by atomic mass is 16.3. The molecule has 2 aliphatic heterocycles. The van der Waals surface area contributed by atoms with Crippen LogP contribution in [0, 0.1) is 0 Å². The molecule has 0 bridgehead atoms. The summed E-state index contributed by atoms with van der Waals surface area (Å²) in [7, 11) is 0. The lowest BCUT2D eigenvalue weighted by Gasteiger charge is -2.36. The second-order valence-electron chi connectivity index (χ2n) is 6.07. The van der Waals surface area contributed by atoms with Crippen molar-refractivity contribution in [3.05, 3.63) is 35.4 Å². The van der Waals surface area contributed by atoms with Gasteiger partial charge in [0.2, 0.25) is 0 Å². The molecular weight excluding hydrogens is 300 g/mol. The largest absolute Gasteiger partial charge is 0.383 e. The first-order chi connectivity index (χ1) is 11.0. The van der Waals surface area contributed by atoms with E-state index in [4.69, 9.17) is 0 Å². The van der Waals surface area contributed by atoms with Crippen LogP contribution in [-0.2, 0) is 9.59 Å². The number of amides is 4. The minimum absolute atomic E-state index is 0.220. The first-order valence-corrected chi connectivity index (χ1v) is 7.52. The lowest BCUT2D eigenvalue weighted by molar-refractivity contribution is -0.160. The third-order valence-corrected chi connectivity index (χ3v) is 4.54.